The summed E-state index contributed by atoms with van der Waals surface area (Å²) in [5.41, 5.74) is 5.11. The molecule has 1 aliphatic heterocycles. The first-order valence-electron chi connectivity index (χ1n) is 9.99. The number of carbonyl (C=O) groups is 1. The van der Waals surface area contributed by atoms with Crippen molar-refractivity contribution >= 4 is 33.6 Å². The molecule has 1 aliphatic rings. The summed E-state index contributed by atoms with van der Waals surface area (Å²) in [5.74, 6) is -0.238. The molecule has 2 aromatic heterocycles. The summed E-state index contributed by atoms with van der Waals surface area (Å²) in [4.78, 5) is 23.5. The number of fused-ring (bicyclic) bond motifs is 2. The maximum atomic E-state index is 12.1. The topological polar surface area (TPSA) is 80.5 Å². The third-order valence-electron chi connectivity index (χ3n) is 5.58. The number of aromatic nitrogens is 3. The van der Waals surface area contributed by atoms with E-state index in [1.807, 2.05) is 54.8 Å². The van der Waals surface area contributed by atoms with Gasteiger partial charge in [0.15, 0.2) is 0 Å². The van der Waals surface area contributed by atoms with E-state index in [9.17, 15) is 9.90 Å². The molecule has 152 valence electrons. The van der Waals surface area contributed by atoms with Crippen LogP contribution in [0.1, 0.15) is 21.9 Å². The summed E-state index contributed by atoms with van der Waals surface area (Å²) in [6.45, 7) is 6.60. The van der Waals surface area contributed by atoms with E-state index in [1.165, 1.54) is 0 Å². The van der Waals surface area contributed by atoms with Gasteiger partial charge in [-0.2, -0.15) is 0 Å². The molecule has 4 aromatic rings. The molecule has 7 heteroatoms. The van der Waals surface area contributed by atoms with Crippen LogP contribution in [-0.4, -0.2) is 51.9 Å². The minimum Gasteiger partial charge on any atom is -0.478 e. The number of ether oxygens (including phenoxy) is 1. The van der Waals surface area contributed by atoms with Gasteiger partial charge in [0, 0.05) is 29.9 Å². The molecule has 1 fully saturated rings. The molecule has 0 amide bonds. The predicted octanol–water partition coefficient (Wildman–Crippen LogP) is 3.73. The van der Waals surface area contributed by atoms with Gasteiger partial charge in [-0.25, -0.2) is 9.78 Å². The van der Waals surface area contributed by atoms with Crippen molar-refractivity contribution in [1.82, 2.24) is 14.5 Å². The molecule has 2 aromatic carbocycles. The molecule has 0 bridgehead atoms. The number of hydrogen-bond donors (Lipinski definition) is 1. The molecule has 0 aliphatic carbocycles. The van der Waals surface area contributed by atoms with Crippen molar-refractivity contribution in [3.8, 4) is 5.69 Å². The van der Waals surface area contributed by atoms with Gasteiger partial charge >= 0.3 is 5.97 Å². The van der Waals surface area contributed by atoms with Crippen LogP contribution in [0.4, 0.5) is 5.69 Å². The normalized spacial score (nSPS) is 14.5. The summed E-state index contributed by atoms with van der Waals surface area (Å²) < 4.78 is 7.51. The largest absolute Gasteiger partial charge is 0.478 e. The van der Waals surface area contributed by atoms with Crippen molar-refractivity contribution < 1.29 is 14.6 Å². The molecule has 0 radical (unpaired) electrons. The predicted molar refractivity (Wildman–Crippen MR) is 116 cm³/mol. The molecule has 0 spiro atoms. The maximum Gasteiger partial charge on any atom is 0.338 e. The first-order chi connectivity index (χ1) is 14.5. The van der Waals surface area contributed by atoms with Gasteiger partial charge in [-0.15, -0.1) is 0 Å². The highest BCUT2D eigenvalue weighted by atomic mass is 16.5. The quantitative estimate of drug-likeness (QED) is 0.563. The number of rotatable bonds is 3. The zero-order valence-electron chi connectivity index (χ0n) is 16.9. The van der Waals surface area contributed by atoms with Gasteiger partial charge in [0.1, 0.15) is 11.3 Å². The number of para-hydroxylation sites is 1. The second kappa shape index (κ2) is 7.11. The number of carboxylic acid groups (broad SMARTS) is 1. The van der Waals surface area contributed by atoms with Crippen molar-refractivity contribution in [1.29, 1.82) is 0 Å². The Hall–Kier alpha value is -3.45. The van der Waals surface area contributed by atoms with E-state index in [0.717, 1.165) is 52.4 Å². The molecule has 0 unspecified atom stereocenters. The summed E-state index contributed by atoms with van der Waals surface area (Å²) in [6, 6.07) is 13.8. The average Bonchev–Trinajstić information content (AvgIpc) is 3.08. The number of carboxylic acids is 1. The first kappa shape index (κ1) is 18.6. The van der Waals surface area contributed by atoms with Crippen molar-refractivity contribution in [2.45, 2.75) is 13.8 Å². The van der Waals surface area contributed by atoms with Crippen LogP contribution in [0.25, 0.3) is 27.6 Å². The van der Waals surface area contributed by atoms with Gasteiger partial charge < -0.3 is 14.7 Å². The lowest BCUT2D eigenvalue weighted by atomic mass is 10.1. The fraction of sp³-hybridized carbons (Fsp3) is 0.261. The molecule has 0 saturated carbocycles. The Morgan fingerprint density at radius 1 is 1.07 bits per heavy atom. The van der Waals surface area contributed by atoms with E-state index in [-0.39, 0.29) is 5.56 Å². The highest BCUT2D eigenvalue weighted by molar-refractivity contribution is 6.04. The Bertz CT molecular complexity index is 1290. The molecule has 0 atom stereocenters. The second-order valence-electron chi connectivity index (χ2n) is 7.56. The Kier molecular flexibility index (Phi) is 4.40. The summed E-state index contributed by atoms with van der Waals surface area (Å²) in [7, 11) is 0. The van der Waals surface area contributed by atoms with Crippen molar-refractivity contribution in [2.24, 2.45) is 0 Å². The number of anilines is 1. The van der Waals surface area contributed by atoms with Crippen LogP contribution in [0.5, 0.6) is 0 Å². The highest BCUT2D eigenvalue weighted by Gasteiger charge is 2.22. The van der Waals surface area contributed by atoms with Gasteiger partial charge in [-0.3, -0.25) is 9.55 Å². The number of aryl methyl sites for hydroxylation is 2. The lowest BCUT2D eigenvalue weighted by Crippen LogP contribution is -2.36. The highest BCUT2D eigenvalue weighted by Crippen LogP contribution is 2.32. The van der Waals surface area contributed by atoms with Gasteiger partial charge in [-0.05, 0) is 38.1 Å². The lowest BCUT2D eigenvalue weighted by molar-refractivity contribution is 0.0699. The van der Waals surface area contributed by atoms with Gasteiger partial charge in [0.25, 0.3) is 0 Å². The molecule has 30 heavy (non-hydrogen) atoms. The zero-order chi connectivity index (χ0) is 20.8. The number of benzene rings is 2. The fourth-order valence-electron chi connectivity index (χ4n) is 4.22. The van der Waals surface area contributed by atoms with Gasteiger partial charge in [-0.1, -0.05) is 18.2 Å². The standard InChI is InChI=1S/C23H22N4O3/c1-14-11-20(17-5-3-4-6-19(17)24-14)27-15(2)25-22-18(23(28)29)12-16(13-21(22)27)26-7-9-30-10-8-26/h3-6,11-13H,7-10H2,1-2H3,(H,28,29). The number of morpholine rings is 1. The second-order valence-corrected chi connectivity index (χ2v) is 7.56. The summed E-state index contributed by atoms with van der Waals surface area (Å²) >= 11 is 0. The molecule has 1 saturated heterocycles. The van der Waals surface area contributed by atoms with E-state index < -0.39 is 5.97 Å². The van der Waals surface area contributed by atoms with Crippen molar-refractivity contribution in [2.75, 3.05) is 31.2 Å². The van der Waals surface area contributed by atoms with Crippen LogP contribution in [0.3, 0.4) is 0 Å². The molecule has 7 nitrogen and oxygen atoms in total. The minimum absolute atomic E-state index is 0.214. The minimum atomic E-state index is -0.976. The molecular weight excluding hydrogens is 380 g/mol. The van der Waals surface area contributed by atoms with Crippen molar-refractivity contribution in [3.05, 3.63) is 59.5 Å². The Morgan fingerprint density at radius 2 is 1.83 bits per heavy atom. The number of hydrogen-bond acceptors (Lipinski definition) is 5. The van der Waals surface area contributed by atoms with E-state index in [2.05, 4.69) is 14.9 Å². The first-order valence-corrected chi connectivity index (χ1v) is 9.99. The number of pyridine rings is 1. The number of nitrogens with zero attached hydrogens (tertiary/aromatic N) is 4. The monoisotopic (exact) mass is 402 g/mol. The Labute approximate surface area is 173 Å². The number of imidazole rings is 1. The molecule has 5 rings (SSSR count). The van der Waals surface area contributed by atoms with Crippen LogP contribution < -0.4 is 4.90 Å². The van der Waals surface area contributed by atoms with Crippen LogP contribution in [0, 0.1) is 13.8 Å². The Morgan fingerprint density at radius 3 is 2.60 bits per heavy atom. The van der Waals surface area contributed by atoms with E-state index in [1.54, 1.807) is 6.07 Å². The lowest BCUT2D eigenvalue weighted by Gasteiger charge is -2.29. The molecular formula is C23H22N4O3. The third-order valence-corrected chi connectivity index (χ3v) is 5.58. The van der Waals surface area contributed by atoms with Gasteiger partial charge in [0.2, 0.25) is 0 Å². The van der Waals surface area contributed by atoms with E-state index >= 15 is 0 Å². The smallest absolute Gasteiger partial charge is 0.338 e. The summed E-state index contributed by atoms with van der Waals surface area (Å²) in [5, 5.41) is 10.9. The third kappa shape index (κ3) is 2.98. The SMILES string of the molecule is Cc1cc(-n2c(C)nc3c(C(=O)O)cc(N4CCOCC4)cc32)c2ccccc2n1. The molecule has 3 heterocycles. The average molecular weight is 402 g/mol. The van der Waals surface area contributed by atoms with Crippen LogP contribution in [-0.2, 0) is 4.74 Å². The fourth-order valence-corrected chi connectivity index (χ4v) is 4.22. The molecule has 1 N–H and O–H groups in total. The number of aromatic carboxylic acids is 1. The van der Waals surface area contributed by atoms with E-state index in [0.29, 0.717) is 18.7 Å². The van der Waals surface area contributed by atoms with Gasteiger partial charge in [0.05, 0.1) is 35.5 Å². The summed E-state index contributed by atoms with van der Waals surface area (Å²) in [6.07, 6.45) is 0. The van der Waals surface area contributed by atoms with Crippen molar-refractivity contribution in [3.63, 3.8) is 0 Å². The maximum absolute atomic E-state index is 12.1. The van der Waals surface area contributed by atoms with Crippen LogP contribution >= 0.6 is 0 Å². The zero-order valence-corrected chi connectivity index (χ0v) is 16.9. The van der Waals surface area contributed by atoms with Crippen LogP contribution in [0.2, 0.25) is 0 Å². The Balaban J connectivity index is 1.82. The van der Waals surface area contributed by atoms with E-state index in [4.69, 9.17) is 4.74 Å². The van der Waals surface area contributed by atoms with Crippen LogP contribution in [0.15, 0.2) is 42.5 Å².